The van der Waals surface area contributed by atoms with Crippen LogP contribution in [0.3, 0.4) is 0 Å². The van der Waals surface area contributed by atoms with E-state index < -0.39 is 11.6 Å². The highest BCUT2D eigenvalue weighted by Crippen LogP contribution is 2.36. The lowest BCUT2D eigenvalue weighted by atomic mass is 10.0. The van der Waals surface area contributed by atoms with Gasteiger partial charge in [0, 0.05) is 43.8 Å². The van der Waals surface area contributed by atoms with Crippen molar-refractivity contribution in [3.63, 3.8) is 0 Å². The lowest BCUT2D eigenvalue weighted by Gasteiger charge is -2.49. The number of anilines is 1. The van der Waals surface area contributed by atoms with Crippen LogP contribution in [0.4, 0.5) is 14.9 Å². The van der Waals surface area contributed by atoms with Crippen LogP contribution < -0.4 is 9.64 Å². The van der Waals surface area contributed by atoms with Gasteiger partial charge >= 0.3 is 12.1 Å². The van der Waals surface area contributed by atoms with Gasteiger partial charge in [-0.2, -0.15) is 0 Å². The molecule has 3 aliphatic rings. The Balaban J connectivity index is 1.44. The lowest BCUT2D eigenvalue weighted by molar-refractivity contribution is -0.123. The molecule has 1 aromatic heterocycles. The monoisotopic (exact) mass is 683 g/mol. The normalized spacial score (nSPS) is 25.0. The van der Waals surface area contributed by atoms with Gasteiger partial charge in [0.25, 0.3) is 0 Å². The van der Waals surface area contributed by atoms with E-state index in [9.17, 15) is 18.8 Å². The molecule has 0 N–H and O–H groups in total. The second-order valence-electron chi connectivity index (χ2n) is 14.5. The van der Waals surface area contributed by atoms with Gasteiger partial charge in [-0.05, 0) is 84.2 Å². The Morgan fingerprint density at radius 1 is 0.959 bits per heavy atom. The summed E-state index contributed by atoms with van der Waals surface area (Å²) in [5, 5.41) is 0. The first-order chi connectivity index (χ1) is 23.1. The van der Waals surface area contributed by atoms with Gasteiger partial charge in [-0.1, -0.05) is 12.1 Å². The highest BCUT2D eigenvalue weighted by Gasteiger charge is 2.41. The van der Waals surface area contributed by atoms with E-state index in [4.69, 9.17) is 18.9 Å². The molecule has 1 unspecified atom stereocenters. The van der Waals surface area contributed by atoms with Crippen molar-refractivity contribution in [2.75, 3.05) is 58.0 Å². The maximum absolute atomic E-state index is 14.4. The van der Waals surface area contributed by atoms with E-state index in [1.54, 1.807) is 28.0 Å². The number of carbonyl (C=O) groups excluding carboxylic acids is 3. The summed E-state index contributed by atoms with van der Waals surface area (Å²) in [5.41, 5.74) is 1.20. The number of benzene rings is 1. The Bertz CT molecular complexity index is 1510. The van der Waals surface area contributed by atoms with Crippen LogP contribution in [0.15, 0.2) is 30.3 Å². The Morgan fingerprint density at radius 3 is 2.27 bits per heavy atom. The summed E-state index contributed by atoms with van der Waals surface area (Å²) in [6.45, 7) is 16.8. The fourth-order valence-corrected chi connectivity index (χ4v) is 6.87. The van der Waals surface area contributed by atoms with E-state index in [0.29, 0.717) is 44.1 Å². The SMILES string of the molecule is COC(=O)c1nc2c(cc1Cc1ccc(F)cc1)N(C(=O)CN1C[C@@H](C)N(C(=O)OC(C)(C)C)CC1CN1[C@H](C)COC[C@H]1C)[C@@H](C)CO2. The Kier molecular flexibility index (Phi) is 11.1. The molecule has 0 radical (unpaired) electrons. The van der Waals surface area contributed by atoms with E-state index in [0.717, 1.165) is 5.56 Å². The number of fused-ring (bicyclic) bond motifs is 1. The van der Waals surface area contributed by atoms with Crippen LogP contribution in [0, 0.1) is 5.82 Å². The number of ether oxygens (including phenoxy) is 4. The molecule has 49 heavy (non-hydrogen) atoms. The molecule has 5 rings (SSSR count). The zero-order chi connectivity index (χ0) is 35.6. The number of carbonyl (C=O) groups is 3. The smallest absolute Gasteiger partial charge is 0.410 e. The number of pyridine rings is 1. The second kappa shape index (κ2) is 15.0. The van der Waals surface area contributed by atoms with Gasteiger partial charge in [0.05, 0.1) is 32.9 Å². The van der Waals surface area contributed by atoms with Crippen LogP contribution in [0.25, 0.3) is 0 Å². The molecule has 1 aromatic carbocycles. The number of amides is 2. The number of hydrogen-bond donors (Lipinski definition) is 0. The third-order valence-electron chi connectivity index (χ3n) is 9.36. The summed E-state index contributed by atoms with van der Waals surface area (Å²) in [7, 11) is 1.28. The fraction of sp³-hybridized carbons (Fsp3) is 0.611. The molecule has 2 amide bonds. The molecule has 0 saturated carbocycles. The predicted octanol–water partition coefficient (Wildman–Crippen LogP) is 4.13. The highest BCUT2D eigenvalue weighted by atomic mass is 19.1. The molecule has 13 heteroatoms. The maximum atomic E-state index is 14.4. The van der Waals surface area contributed by atoms with Crippen molar-refractivity contribution in [3.05, 3.63) is 53.0 Å². The molecule has 0 spiro atoms. The van der Waals surface area contributed by atoms with Crippen LogP contribution in [0.5, 0.6) is 5.88 Å². The van der Waals surface area contributed by atoms with Gasteiger partial charge in [0.2, 0.25) is 11.8 Å². The minimum Gasteiger partial charge on any atom is -0.474 e. The van der Waals surface area contributed by atoms with Crippen LogP contribution in [-0.2, 0) is 25.4 Å². The third-order valence-corrected chi connectivity index (χ3v) is 9.36. The Labute approximate surface area is 288 Å². The number of piperazine rings is 1. The third kappa shape index (κ3) is 8.50. The van der Waals surface area contributed by atoms with Crippen molar-refractivity contribution in [2.45, 2.75) is 90.7 Å². The minimum atomic E-state index is -0.635. The lowest BCUT2D eigenvalue weighted by Crippen LogP contribution is -2.65. The highest BCUT2D eigenvalue weighted by molar-refractivity contribution is 5.98. The number of rotatable bonds is 7. The van der Waals surface area contributed by atoms with Crippen LogP contribution in [0.2, 0.25) is 0 Å². The number of methoxy groups -OCH3 is 1. The van der Waals surface area contributed by atoms with Crippen molar-refractivity contribution < 1.29 is 37.7 Å². The summed E-state index contributed by atoms with van der Waals surface area (Å²) in [5.74, 6) is -0.975. The van der Waals surface area contributed by atoms with E-state index >= 15 is 0 Å². The van der Waals surface area contributed by atoms with Gasteiger partial charge in [-0.3, -0.25) is 14.6 Å². The summed E-state index contributed by atoms with van der Waals surface area (Å²) in [6.07, 6.45) is -0.0975. The summed E-state index contributed by atoms with van der Waals surface area (Å²) >= 11 is 0. The van der Waals surface area contributed by atoms with Gasteiger partial charge in [-0.15, -0.1) is 0 Å². The van der Waals surface area contributed by atoms with Crippen LogP contribution in [0.1, 0.15) is 70.1 Å². The predicted molar refractivity (Wildman–Crippen MR) is 181 cm³/mol. The van der Waals surface area contributed by atoms with E-state index in [1.807, 2.05) is 34.6 Å². The average Bonchev–Trinajstić information content (AvgIpc) is 3.03. The first kappa shape index (κ1) is 36.5. The Morgan fingerprint density at radius 2 is 1.63 bits per heavy atom. The number of nitrogens with zero attached hydrogens (tertiary/aromatic N) is 5. The van der Waals surface area contributed by atoms with E-state index in [2.05, 4.69) is 28.6 Å². The molecular formula is C36H50FN5O7. The first-order valence-electron chi connectivity index (χ1n) is 17.0. The van der Waals surface area contributed by atoms with Crippen molar-refractivity contribution in [1.82, 2.24) is 19.7 Å². The molecule has 0 bridgehead atoms. The quantitative estimate of drug-likeness (QED) is 0.395. The van der Waals surface area contributed by atoms with Crippen molar-refractivity contribution in [3.8, 4) is 5.88 Å². The van der Waals surface area contributed by atoms with Gasteiger partial charge in [0.1, 0.15) is 23.7 Å². The molecular weight excluding hydrogens is 633 g/mol. The molecule has 5 atom stereocenters. The minimum absolute atomic E-state index is 0.0773. The summed E-state index contributed by atoms with van der Waals surface area (Å²) in [6, 6.07) is 7.45. The van der Waals surface area contributed by atoms with Crippen LogP contribution >= 0.6 is 0 Å². The topological polar surface area (TPSA) is 114 Å². The summed E-state index contributed by atoms with van der Waals surface area (Å²) < 4.78 is 36.2. The number of morpholine rings is 1. The summed E-state index contributed by atoms with van der Waals surface area (Å²) in [4.78, 5) is 53.1. The fourth-order valence-electron chi connectivity index (χ4n) is 6.87. The second-order valence-corrected chi connectivity index (χ2v) is 14.5. The van der Waals surface area contributed by atoms with Gasteiger partial charge < -0.3 is 28.7 Å². The van der Waals surface area contributed by atoms with Gasteiger partial charge in [0.15, 0.2) is 5.69 Å². The number of halogens is 1. The van der Waals surface area contributed by atoms with Crippen molar-refractivity contribution in [1.29, 1.82) is 0 Å². The molecule has 12 nitrogen and oxygen atoms in total. The molecule has 2 fully saturated rings. The average molecular weight is 684 g/mol. The number of hydrogen-bond acceptors (Lipinski definition) is 10. The van der Waals surface area contributed by atoms with Crippen molar-refractivity contribution in [2.24, 2.45) is 0 Å². The zero-order valence-corrected chi connectivity index (χ0v) is 29.9. The number of aromatic nitrogens is 1. The molecule has 2 aromatic rings. The zero-order valence-electron chi connectivity index (χ0n) is 29.9. The molecule has 2 saturated heterocycles. The van der Waals surface area contributed by atoms with Crippen LogP contribution in [-0.4, -0.2) is 127 Å². The van der Waals surface area contributed by atoms with E-state index in [-0.39, 0.29) is 79.2 Å². The molecule has 4 heterocycles. The molecule has 0 aliphatic carbocycles. The maximum Gasteiger partial charge on any atom is 0.410 e. The Hall–Kier alpha value is -3.81. The first-order valence-corrected chi connectivity index (χ1v) is 17.0. The van der Waals surface area contributed by atoms with Gasteiger partial charge in [-0.25, -0.2) is 19.0 Å². The standard InChI is InChI=1S/C36H50FN5O7/c1-22-15-39(29(16-40-23(2)19-47-20-24(40)3)17-41(22)35(45)49-36(5,6)7)18-31(43)42-25(4)21-48-33-30(42)14-27(32(38-33)34(44)46-8)13-26-9-11-28(37)12-10-26/h9-12,14,22-25,29H,13,15-21H2,1-8H3/t22-,23-,24-,25+,29?/m1/s1. The number of esters is 1. The largest absolute Gasteiger partial charge is 0.474 e. The molecule has 268 valence electrons. The van der Waals surface area contributed by atoms with Crippen molar-refractivity contribution >= 4 is 23.7 Å². The molecule has 3 aliphatic heterocycles. The van der Waals surface area contributed by atoms with E-state index in [1.165, 1.54) is 19.2 Å².